The number of aromatic nitrogens is 1. The standard InChI is InChI=1S/C14H16N2O6S/c1-4-23(19,20)16-13-11(21-9(2)17)12(18)14(3,22-13)10-5-7-15-8-6-10/h5-8,16H,4H2,1-3H3. The van der Waals surface area contributed by atoms with Gasteiger partial charge in [0.2, 0.25) is 21.7 Å². The number of sulfonamides is 1. The van der Waals surface area contributed by atoms with Gasteiger partial charge in [-0.05, 0) is 26.0 Å². The van der Waals surface area contributed by atoms with Crippen LogP contribution >= 0.6 is 0 Å². The van der Waals surface area contributed by atoms with E-state index in [0.29, 0.717) is 5.56 Å². The van der Waals surface area contributed by atoms with E-state index < -0.39 is 39.0 Å². The quantitative estimate of drug-likeness (QED) is 0.780. The van der Waals surface area contributed by atoms with E-state index in [1.807, 2.05) is 0 Å². The fourth-order valence-electron chi connectivity index (χ4n) is 1.99. The maximum absolute atomic E-state index is 12.6. The molecule has 0 bridgehead atoms. The van der Waals surface area contributed by atoms with Crippen LogP contribution in [0.25, 0.3) is 0 Å². The molecule has 9 heteroatoms. The number of ether oxygens (including phenoxy) is 2. The van der Waals surface area contributed by atoms with E-state index in [-0.39, 0.29) is 5.75 Å². The second kappa shape index (κ2) is 5.99. The lowest BCUT2D eigenvalue weighted by molar-refractivity contribution is -0.142. The Hall–Kier alpha value is -2.42. The van der Waals surface area contributed by atoms with Crippen LogP contribution in [0.4, 0.5) is 0 Å². The summed E-state index contributed by atoms with van der Waals surface area (Å²) in [6.45, 7) is 3.99. The van der Waals surface area contributed by atoms with Crippen molar-refractivity contribution >= 4 is 21.8 Å². The zero-order valence-electron chi connectivity index (χ0n) is 12.8. The third-order valence-corrected chi connectivity index (χ3v) is 4.51. The summed E-state index contributed by atoms with van der Waals surface area (Å²) in [5.74, 6) is -2.51. The maximum atomic E-state index is 12.6. The van der Waals surface area contributed by atoms with E-state index in [1.54, 1.807) is 12.1 Å². The van der Waals surface area contributed by atoms with Crippen molar-refractivity contribution in [1.29, 1.82) is 0 Å². The first-order valence-corrected chi connectivity index (χ1v) is 8.42. The van der Waals surface area contributed by atoms with Gasteiger partial charge in [-0.15, -0.1) is 0 Å². The molecule has 2 heterocycles. The van der Waals surface area contributed by atoms with Gasteiger partial charge in [0.05, 0.1) is 5.75 Å². The van der Waals surface area contributed by atoms with Crippen LogP contribution in [0.5, 0.6) is 0 Å². The molecule has 1 aromatic rings. The molecule has 23 heavy (non-hydrogen) atoms. The van der Waals surface area contributed by atoms with Crippen molar-refractivity contribution in [2.24, 2.45) is 0 Å². The Morgan fingerprint density at radius 2 is 2.00 bits per heavy atom. The Kier molecular flexibility index (Phi) is 4.42. The molecule has 124 valence electrons. The molecule has 0 saturated heterocycles. The van der Waals surface area contributed by atoms with Crippen molar-refractivity contribution in [2.45, 2.75) is 26.4 Å². The Morgan fingerprint density at radius 1 is 1.39 bits per heavy atom. The van der Waals surface area contributed by atoms with Gasteiger partial charge in [0, 0.05) is 24.9 Å². The fourth-order valence-corrected chi connectivity index (χ4v) is 2.55. The maximum Gasteiger partial charge on any atom is 0.308 e. The summed E-state index contributed by atoms with van der Waals surface area (Å²) in [5, 5.41) is 0. The monoisotopic (exact) mass is 340 g/mol. The van der Waals surface area contributed by atoms with Crippen LogP contribution in [0, 0.1) is 0 Å². The van der Waals surface area contributed by atoms with Gasteiger partial charge in [0.15, 0.2) is 5.60 Å². The fraction of sp³-hybridized carbons (Fsp3) is 0.357. The van der Waals surface area contributed by atoms with Crippen molar-refractivity contribution in [3.05, 3.63) is 41.7 Å². The number of nitrogens with one attached hydrogen (secondary N) is 1. The van der Waals surface area contributed by atoms with Crippen LogP contribution in [-0.4, -0.2) is 30.9 Å². The number of ketones is 1. The van der Waals surface area contributed by atoms with Crippen LogP contribution in [0.1, 0.15) is 26.3 Å². The smallest absolute Gasteiger partial charge is 0.308 e. The Morgan fingerprint density at radius 3 is 2.52 bits per heavy atom. The number of hydrogen-bond acceptors (Lipinski definition) is 7. The molecule has 1 atom stereocenters. The number of nitrogens with zero attached hydrogens (tertiary/aromatic N) is 1. The molecule has 1 unspecified atom stereocenters. The minimum atomic E-state index is -3.72. The molecule has 1 N–H and O–H groups in total. The predicted molar refractivity (Wildman–Crippen MR) is 79.1 cm³/mol. The highest BCUT2D eigenvalue weighted by atomic mass is 32.2. The molecule has 0 radical (unpaired) electrons. The van der Waals surface area contributed by atoms with Crippen molar-refractivity contribution in [1.82, 2.24) is 9.71 Å². The van der Waals surface area contributed by atoms with E-state index in [1.165, 1.54) is 26.2 Å². The summed E-state index contributed by atoms with van der Waals surface area (Å²) in [4.78, 5) is 27.7. The lowest BCUT2D eigenvalue weighted by atomic mass is 9.92. The highest BCUT2D eigenvalue weighted by Crippen LogP contribution is 2.38. The van der Waals surface area contributed by atoms with Crippen LogP contribution in [0.15, 0.2) is 36.2 Å². The van der Waals surface area contributed by atoms with Gasteiger partial charge in [0.25, 0.3) is 5.78 Å². The lowest BCUT2D eigenvalue weighted by Gasteiger charge is -2.23. The first kappa shape index (κ1) is 16.9. The topological polar surface area (TPSA) is 112 Å². The SMILES string of the molecule is CCS(=O)(=O)NC1=C(OC(C)=O)C(=O)C(C)(c2ccncc2)O1. The molecule has 0 aromatic carbocycles. The third kappa shape index (κ3) is 3.34. The summed E-state index contributed by atoms with van der Waals surface area (Å²) in [7, 11) is -3.72. The van der Waals surface area contributed by atoms with Crippen LogP contribution < -0.4 is 4.72 Å². The molecule has 8 nitrogen and oxygen atoms in total. The van der Waals surface area contributed by atoms with Crippen molar-refractivity contribution < 1.29 is 27.5 Å². The molecule has 0 amide bonds. The zero-order chi connectivity index (χ0) is 17.3. The molecule has 1 aliphatic heterocycles. The first-order valence-electron chi connectivity index (χ1n) is 6.77. The summed E-state index contributed by atoms with van der Waals surface area (Å²) in [6.07, 6.45) is 2.94. The van der Waals surface area contributed by atoms with Gasteiger partial charge in [-0.3, -0.25) is 19.3 Å². The van der Waals surface area contributed by atoms with Gasteiger partial charge in [-0.25, -0.2) is 8.42 Å². The summed E-state index contributed by atoms with van der Waals surface area (Å²) < 4.78 is 36.0. The van der Waals surface area contributed by atoms with Crippen molar-refractivity contribution in [2.75, 3.05) is 5.75 Å². The average Bonchev–Trinajstić information content (AvgIpc) is 2.73. The minimum absolute atomic E-state index is 0.229. The molecule has 0 spiro atoms. The van der Waals surface area contributed by atoms with Gasteiger partial charge >= 0.3 is 5.97 Å². The van der Waals surface area contributed by atoms with Gasteiger partial charge in [0.1, 0.15) is 0 Å². The van der Waals surface area contributed by atoms with E-state index in [4.69, 9.17) is 9.47 Å². The second-order valence-electron chi connectivity index (χ2n) is 4.96. The number of Topliss-reactive ketones (excluding diaryl/α,β-unsaturated/α-hetero) is 1. The van der Waals surface area contributed by atoms with E-state index in [9.17, 15) is 18.0 Å². The third-order valence-electron chi connectivity index (χ3n) is 3.26. The highest BCUT2D eigenvalue weighted by Gasteiger charge is 2.50. The van der Waals surface area contributed by atoms with Crippen molar-refractivity contribution in [3.63, 3.8) is 0 Å². The Bertz CT molecular complexity index is 772. The number of rotatable bonds is 5. The highest BCUT2D eigenvalue weighted by molar-refractivity contribution is 7.89. The van der Waals surface area contributed by atoms with Crippen molar-refractivity contribution in [3.8, 4) is 0 Å². The van der Waals surface area contributed by atoms with Gasteiger partial charge in [-0.2, -0.15) is 0 Å². The molecule has 0 saturated carbocycles. The van der Waals surface area contributed by atoms with E-state index in [2.05, 4.69) is 9.71 Å². The van der Waals surface area contributed by atoms with E-state index >= 15 is 0 Å². The van der Waals surface area contributed by atoms with E-state index in [0.717, 1.165) is 6.92 Å². The molecule has 1 aliphatic rings. The number of pyridine rings is 1. The molecule has 0 aliphatic carbocycles. The summed E-state index contributed by atoms with van der Waals surface area (Å²) >= 11 is 0. The van der Waals surface area contributed by atoms with Crippen LogP contribution in [0.2, 0.25) is 0 Å². The minimum Gasteiger partial charge on any atom is -0.456 e. The van der Waals surface area contributed by atoms with Gasteiger partial charge < -0.3 is 9.47 Å². The Labute approximate surface area is 133 Å². The summed E-state index contributed by atoms with van der Waals surface area (Å²) in [5.41, 5.74) is -1.06. The summed E-state index contributed by atoms with van der Waals surface area (Å²) in [6, 6.07) is 3.11. The molecule has 0 fully saturated rings. The predicted octanol–water partition coefficient (Wildman–Crippen LogP) is 0.568. The molecular weight excluding hydrogens is 324 g/mol. The average molecular weight is 340 g/mol. The number of hydrogen-bond donors (Lipinski definition) is 1. The number of carbonyl (C=O) groups is 2. The Balaban J connectivity index is 2.46. The first-order chi connectivity index (χ1) is 10.7. The molecule has 1 aromatic heterocycles. The molecule has 2 rings (SSSR count). The van der Waals surface area contributed by atoms with Gasteiger partial charge in [-0.1, -0.05) is 0 Å². The zero-order valence-corrected chi connectivity index (χ0v) is 13.6. The lowest BCUT2D eigenvalue weighted by Crippen LogP contribution is -2.32. The van der Waals surface area contributed by atoms with Crippen LogP contribution in [0.3, 0.4) is 0 Å². The molecular formula is C14H16N2O6S. The number of esters is 1. The number of carbonyl (C=O) groups excluding carboxylic acids is 2. The second-order valence-corrected chi connectivity index (χ2v) is 6.97. The largest absolute Gasteiger partial charge is 0.456 e. The van der Waals surface area contributed by atoms with Crippen LogP contribution in [-0.2, 0) is 34.7 Å². The normalized spacial score (nSPS) is 21.1.